The van der Waals surface area contributed by atoms with Crippen molar-refractivity contribution in [1.29, 1.82) is 0 Å². The third-order valence-electron chi connectivity index (χ3n) is 4.67. The molecule has 1 saturated heterocycles. The number of hydrogen-bond acceptors (Lipinski definition) is 3. The highest BCUT2D eigenvalue weighted by molar-refractivity contribution is 5.78. The minimum absolute atomic E-state index is 0.0742. The summed E-state index contributed by atoms with van der Waals surface area (Å²) in [5.74, 6) is 0.0742. The van der Waals surface area contributed by atoms with Gasteiger partial charge in [-0.15, -0.1) is 0 Å². The molecule has 0 saturated carbocycles. The molecular weight excluding hydrogens is 312 g/mol. The Balaban J connectivity index is 1.62. The van der Waals surface area contributed by atoms with Gasteiger partial charge in [0.25, 0.3) is 0 Å². The summed E-state index contributed by atoms with van der Waals surface area (Å²) in [6.45, 7) is 3.08. The van der Waals surface area contributed by atoms with Gasteiger partial charge >= 0.3 is 0 Å². The standard InChI is InChI=1S/C21H26N2O2/c24-20-12-7-14-23(20)21(25)13-15-22(16-18-8-3-1-4-9-18)17-19-10-5-2-6-11-19/h1-6,8-11,21,25H,7,12-17H2. The van der Waals surface area contributed by atoms with Crippen molar-refractivity contribution in [3.8, 4) is 0 Å². The molecule has 25 heavy (non-hydrogen) atoms. The number of benzene rings is 2. The Kier molecular flexibility index (Phi) is 6.20. The van der Waals surface area contributed by atoms with E-state index >= 15 is 0 Å². The SMILES string of the molecule is O=C1CCCN1C(O)CCN(Cc1ccccc1)Cc1ccccc1. The number of nitrogens with zero attached hydrogens (tertiary/aromatic N) is 2. The number of rotatable bonds is 8. The molecule has 1 unspecified atom stereocenters. The van der Waals surface area contributed by atoms with E-state index in [0.29, 0.717) is 19.4 Å². The van der Waals surface area contributed by atoms with Crippen LogP contribution in [0.15, 0.2) is 60.7 Å². The topological polar surface area (TPSA) is 43.8 Å². The van der Waals surface area contributed by atoms with E-state index in [4.69, 9.17) is 0 Å². The molecule has 1 amide bonds. The molecule has 2 aromatic carbocycles. The van der Waals surface area contributed by atoms with Crippen LogP contribution in [0.4, 0.5) is 0 Å². The lowest BCUT2D eigenvalue weighted by atomic mass is 10.1. The van der Waals surface area contributed by atoms with Crippen molar-refractivity contribution in [3.05, 3.63) is 71.8 Å². The second kappa shape index (κ2) is 8.79. The van der Waals surface area contributed by atoms with Crippen LogP contribution in [0, 0.1) is 0 Å². The molecule has 1 aliphatic rings. The van der Waals surface area contributed by atoms with E-state index in [1.54, 1.807) is 4.90 Å². The van der Waals surface area contributed by atoms with Crippen LogP contribution in [0.2, 0.25) is 0 Å². The van der Waals surface area contributed by atoms with Gasteiger partial charge in [-0.1, -0.05) is 60.7 Å². The third kappa shape index (κ3) is 5.15. The van der Waals surface area contributed by atoms with Crippen molar-refractivity contribution in [1.82, 2.24) is 9.80 Å². The maximum Gasteiger partial charge on any atom is 0.224 e. The number of hydrogen-bond donors (Lipinski definition) is 1. The fraction of sp³-hybridized carbons (Fsp3) is 0.381. The second-order valence-corrected chi connectivity index (χ2v) is 6.64. The van der Waals surface area contributed by atoms with Crippen LogP contribution in [0.1, 0.15) is 30.4 Å². The summed E-state index contributed by atoms with van der Waals surface area (Å²) in [7, 11) is 0. The van der Waals surface area contributed by atoms with Crippen molar-refractivity contribution >= 4 is 5.91 Å². The fourth-order valence-corrected chi connectivity index (χ4v) is 3.34. The molecule has 0 spiro atoms. The van der Waals surface area contributed by atoms with Crippen LogP contribution in [0.3, 0.4) is 0 Å². The highest BCUT2D eigenvalue weighted by Gasteiger charge is 2.26. The Morgan fingerprint density at radius 3 is 2.00 bits per heavy atom. The zero-order valence-electron chi connectivity index (χ0n) is 14.6. The average Bonchev–Trinajstić information content (AvgIpc) is 3.07. The van der Waals surface area contributed by atoms with Gasteiger partial charge in [0.2, 0.25) is 5.91 Å². The predicted octanol–water partition coefficient (Wildman–Crippen LogP) is 3.02. The lowest BCUT2D eigenvalue weighted by molar-refractivity contribution is -0.136. The minimum atomic E-state index is -0.677. The highest BCUT2D eigenvalue weighted by atomic mass is 16.3. The predicted molar refractivity (Wildman–Crippen MR) is 98.6 cm³/mol. The Morgan fingerprint density at radius 1 is 0.960 bits per heavy atom. The van der Waals surface area contributed by atoms with Gasteiger partial charge in [-0.3, -0.25) is 9.69 Å². The van der Waals surface area contributed by atoms with Gasteiger partial charge in [-0.05, 0) is 17.5 Å². The first-order valence-corrected chi connectivity index (χ1v) is 9.00. The van der Waals surface area contributed by atoms with Gasteiger partial charge in [-0.2, -0.15) is 0 Å². The molecular formula is C21H26N2O2. The van der Waals surface area contributed by atoms with Crippen molar-refractivity contribution in [2.45, 2.75) is 38.6 Å². The van der Waals surface area contributed by atoms with Crippen LogP contribution in [0.5, 0.6) is 0 Å². The highest BCUT2D eigenvalue weighted by Crippen LogP contribution is 2.16. The van der Waals surface area contributed by atoms with E-state index in [9.17, 15) is 9.90 Å². The largest absolute Gasteiger partial charge is 0.373 e. The average molecular weight is 338 g/mol. The van der Waals surface area contributed by atoms with Crippen LogP contribution < -0.4 is 0 Å². The minimum Gasteiger partial charge on any atom is -0.373 e. The molecule has 4 nitrogen and oxygen atoms in total. The monoisotopic (exact) mass is 338 g/mol. The van der Waals surface area contributed by atoms with Crippen molar-refractivity contribution < 1.29 is 9.90 Å². The van der Waals surface area contributed by atoms with E-state index in [1.165, 1.54) is 11.1 Å². The molecule has 3 rings (SSSR count). The normalized spacial score (nSPS) is 15.8. The molecule has 4 heteroatoms. The first kappa shape index (κ1) is 17.6. The number of amides is 1. The Morgan fingerprint density at radius 2 is 1.52 bits per heavy atom. The quantitative estimate of drug-likeness (QED) is 0.805. The maximum absolute atomic E-state index is 11.8. The Bertz CT molecular complexity index is 619. The first-order valence-electron chi connectivity index (χ1n) is 9.00. The van der Waals surface area contributed by atoms with Crippen LogP contribution >= 0.6 is 0 Å². The van der Waals surface area contributed by atoms with E-state index in [0.717, 1.165) is 26.1 Å². The molecule has 1 N–H and O–H groups in total. The number of aliphatic hydroxyl groups excluding tert-OH is 1. The lowest BCUT2D eigenvalue weighted by Crippen LogP contribution is -2.38. The number of carbonyl (C=O) groups is 1. The summed E-state index contributed by atoms with van der Waals surface area (Å²) in [4.78, 5) is 15.7. The summed E-state index contributed by atoms with van der Waals surface area (Å²) in [5, 5.41) is 10.4. The second-order valence-electron chi connectivity index (χ2n) is 6.64. The molecule has 1 heterocycles. The van der Waals surface area contributed by atoms with Crippen molar-refractivity contribution in [2.75, 3.05) is 13.1 Å². The zero-order chi connectivity index (χ0) is 17.5. The third-order valence-corrected chi connectivity index (χ3v) is 4.67. The molecule has 1 aliphatic heterocycles. The molecule has 0 bridgehead atoms. The van der Waals surface area contributed by atoms with Crippen LogP contribution in [-0.4, -0.2) is 40.1 Å². The molecule has 0 aromatic heterocycles. The molecule has 1 atom stereocenters. The summed E-state index contributed by atoms with van der Waals surface area (Å²) < 4.78 is 0. The first-order chi connectivity index (χ1) is 12.2. The summed E-state index contributed by atoms with van der Waals surface area (Å²) >= 11 is 0. The molecule has 132 valence electrons. The van der Waals surface area contributed by atoms with Gasteiger partial charge < -0.3 is 10.0 Å². The molecule has 2 aromatic rings. The van der Waals surface area contributed by atoms with Gasteiger partial charge in [0, 0.05) is 39.0 Å². The van der Waals surface area contributed by atoms with Crippen molar-refractivity contribution in [2.24, 2.45) is 0 Å². The Labute approximate surface area is 149 Å². The smallest absolute Gasteiger partial charge is 0.224 e. The maximum atomic E-state index is 11.8. The van der Waals surface area contributed by atoms with Gasteiger partial charge in [0.1, 0.15) is 6.23 Å². The Hall–Kier alpha value is -2.17. The van der Waals surface area contributed by atoms with Gasteiger partial charge in [-0.25, -0.2) is 0 Å². The molecule has 0 aliphatic carbocycles. The summed E-state index contributed by atoms with van der Waals surface area (Å²) in [6.07, 6.45) is 1.32. The van der Waals surface area contributed by atoms with Crippen LogP contribution in [0.25, 0.3) is 0 Å². The van der Waals surface area contributed by atoms with Crippen LogP contribution in [-0.2, 0) is 17.9 Å². The van der Waals surface area contributed by atoms with E-state index in [-0.39, 0.29) is 5.91 Å². The van der Waals surface area contributed by atoms with Gasteiger partial charge in [0.15, 0.2) is 0 Å². The number of carbonyl (C=O) groups excluding carboxylic acids is 1. The molecule has 0 radical (unpaired) electrons. The zero-order valence-corrected chi connectivity index (χ0v) is 14.6. The van der Waals surface area contributed by atoms with E-state index in [1.807, 2.05) is 36.4 Å². The van der Waals surface area contributed by atoms with E-state index < -0.39 is 6.23 Å². The molecule has 1 fully saturated rings. The summed E-state index contributed by atoms with van der Waals surface area (Å²) in [5.41, 5.74) is 2.51. The van der Waals surface area contributed by atoms with Crippen molar-refractivity contribution in [3.63, 3.8) is 0 Å². The van der Waals surface area contributed by atoms with Gasteiger partial charge in [0.05, 0.1) is 0 Å². The summed E-state index contributed by atoms with van der Waals surface area (Å²) in [6, 6.07) is 20.7. The van der Waals surface area contributed by atoms with E-state index in [2.05, 4.69) is 29.2 Å². The fourth-order valence-electron chi connectivity index (χ4n) is 3.34. The lowest BCUT2D eigenvalue weighted by Gasteiger charge is -2.27. The number of aliphatic hydroxyl groups is 1. The number of likely N-dealkylation sites (tertiary alicyclic amines) is 1.